The van der Waals surface area contributed by atoms with Crippen molar-refractivity contribution in [2.75, 3.05) is 0 Å². The van der Waals surface area contributed by atoms with Crippen LogP contribution in [0.2, 0.25) is 0 Å². The van der Waals surface area contributed by atoms with Gasteiger partial charge in [0, 0.05) is 44.3 Å². The van der Waals surface area contributed by atoms with Gasteiger partial charge in [-0.15, -0.1) is 0 Å². The highest BCUT2D eigenvalue weighted by Gasteiger charge is 2.20. The Hall–Kier alpha value is -5.90. The van der Waals surface area contributed by atoms with Gasteiger partial charge in [0.15, 0.2) is 0 Å². The van der Waals surface area contributed by atoms with Gasteiger partial charge in [-0.3, -0.25) is 19.8 Å². The summed E-state index contributed by atoms with van der Waals surface area (Å²) in [5.74, 6) is 0.787. The fraction of sp³-hybridized carbons (Fsp3) is 0.226. The molecular formula is C31H35N11O2. The summed E-state index contributed by atoms with van der Waals surface area (Å²) in [6.07, 6.45) is 6.85. The predicted octanol–water partition coefficient (Wildman–Crippen LogP) is 5.10. The van der Waals surface area contributed by atoms with E-state index in [9.17, 15) is 9.59 Å². The SMILES string of the molecule is CC(C)c1c(-c2ccc(CC#N)cc2)nc2nc[nH]n2c1=O.CC(C)c1c(-c2cnc3[nH]ccc3c2)nc2nc[nH]n2c1=O.[HH].[HH].[HH]. The van der Waals surface area contributed by atoms with Crippen molar-refractivity contribution >= 4 is 22.6 Å². The summed E-state index contributed by atoms with van der Waals surface area (Å²) in [4.78, 5) is 49.9. The van der Waals surface area contributed by atoms with Gasteiger partial charge in [0.2, 0.25) is 0 Å². The Morgan fingerprint density at radius 1 is 0.818 bits per heavy atom. The normalized spacial score (nSPS) is 11.4. The summed E-state index contributed by atoms with van der Waals surface area (Å²) in [5.41, 5.74) is 5.76. The number of nitriles is 1. The van der Waals surface area contributed by atoms with Crippen LogP contribution >= 0.6 is 0 Å². The maximum Gasteiger partial charge on any atom is 0.278 e. The summed E-state index contributed by atoms with van der Waals surface area (Å²) in [5, 5.41) is 15.3. The van der Waals surface area contributed by atoms with Crippen molar-refractivity contribution in [2.45, 2.75) is 46.0 Å². The highest BCUT2D eigenvalue weighted by molar-refractivity contribution is 5.81. The van der Waals surface area contributed by atoms with Crippen LogP contribution in [0.1, 0.15) is 60.5 Å². The third-order valence-electron chi connectivity index (χ3n) is 7.27. The van der Waals surface area contributed by atoms with Crippen molar-refractivity contribution in [3.63, 3.8) is 0 Å². The Labute approximate surface area is 254 Å². The molecular weight excluding hydrogens is 558 g/mol. The molecule has 6 aromatic heterocycles. The Kier molecular flexibility index (Phi) is 7.32. The molecule has 3 N–H and O–H groups in total. The van der Waals surface area contributed by atoms with Crippen molar-refractivity contribution in [1.82, 2.24) is 49.1 Å². The largest absolute Gasteiger partial charge is 0.346 e. The lowest BCUT2D eigenvalue weighted by atomic mass is 9.97. The molecule has 7 rings (SSSR count). The molecule has 44 heavy (non-hydrogen) atoms. The van der Waals surface area contributed by atoms with E-state index in [0.29, 0.717) is 40.5 Å². The van der Waals surface area contributed by atoms with Crippen LogP contribution in [0.25, 0.3) is 45.1 Å². The molecule has 0 atom stereocenters. The van der Waals surface area contributed by atoms with Gasteiger partial charge >= 0.3 is 0 Å². The summed E-state index contributed by atoms with van der Waals surface area (Å²) in [6.45, 7) is 7.89. The van der Waals surface area contributed by atoms with Crippen LogP contribution < -0.4 is 11.1 Å². The van der Waals surface area contributed by atoms with Gasteiger partial charge in [-0.2, -0.15) is 14.3 Å². The average molecular weight is 594 g/mol. The molecule has 0 aliphatic heterocycles. The van der Waals surface area contributed by atoms with E-state index in [1.807, 2.05) is 70.3 Å². The average Bonchev–Trinajstić information content (AvgIpc) is 3.78. The predicted molar refractivity (Wildman–Crippen MR) is 172 cm³/mol. The molecule has 13 heteroatoms. The third-order valence-corrected chi connectivity index (χ3v) is 7.27. The number of fused-ring (bicyclic) bond motifs is 3. The molecule has 0 saturated carbocycles. The van der Waals surface area contributed by atoms with Crippen LogP contribution in [0.3, 0.4) is 0 Å². The van der Waals surface area contributed by atoms with E-state index in [2.05, 4.69) is 46.2 Å². The zero-order valence-corrected chi connectivity index (χ0v) is 24.5. The Morgan fingerprint density at radius 3 is 1.93 bits per heavy atom. The molecule has 0 radical (unpaired) electrons. The van der Waals surface area contributed by atoms with Crippen LogP contribution in [0.15, 0.2) is 71.0 Å². The minimum absolute atomic E-state index is 0. The van der Waals surface area contributed by atoms with Gasteiger partial charge in [0.05, 0.1) is 23.9 Å². The number of pyridine rings is 1. The summed E-state index contributed by atoms with van der Waals surface area (Å²) in [7, 11) is 0. The number of aromatic amines is 3. The van der Waals surface area contributed by atoms with E-state index < -0.39 is 0 Å². The molecule has 0 spiro atoms. The molecule has 0 bridgehead atoms. The molecule has 0 aliphatic carbocycles. The number of aromatic nitrogens is 10. The van der Waals surface area contributed by atoms with Crippen LogP contribution in [-0.2, 0) is 6.42 Å². The van der Waals surface area contributed by atoms with Crippen LogP contribution in [-0.4, -0.2) is 49.1 Å². The lowest BCUT2D eigenvalue weighted by Gasteiger charge is -2.11. The maximum atomic E-state index is 12.7. The lowest BCUT2D eigenvalue weighted by molar-refractivity contribution is 0.797. The molecule has 6 heterocycles. The highest BCUT2D eigenvalue weighted by atomic mass is 16.1. The van der Waals surface area contributed by atoms with E-state index in [0.717, 1.165) is 27.7 Å². The first-order valence-corrected chi connectivity index (χ1v) is 14.1. The number of nitrogens with one attached hydrogen (secondary N) is 3. The lowest BCUT2D eigenvalue weighted by Crippen LogP contribution is -2.22. The molecule has 226 valence electrons. The van der Waals surface area contributed by atoms with Crippen molar-refractivity contribution in [3.05, 3.63) is 98.8 Å². The van der Waals surface area contributed by atoms with E-state index in [4.69, 9.17) is 5.26 Å². The van der Waals surface area contributed by atoms with Gasteiger partial charge in [-0.05, 0) is 29.5 Å². The van der Waals surface area contributed by atoms with Crippen LogP contribution in [0, 0.1) is 11.3 Å². The van der Waals surface area contributed by atoms with E-state index >= 15 is 0 Å². The van der Waals surface area contributed by atoms with E-state index in [1.165, 1.54) is 21.7 Å². The van der Waals surface area contributed by atoms with Crippen LogP contribution in [0.5, 0.6) is 0 Å². The number of H-pyrrole nitrogens is 3. The van der Waals surface area contributed by atoms with Crippen molar-refractivity contribution < 1.29 is 4.28 Å². The molecule has 0 amide bonds. The standard InChI is InChI=1S/C16H15N5O.C15H14N6O.3H2/c1-10(2)13-14(12-5-3-11(4-6-12)7-8-17)20-16-18-9-19-21(16)15(13)22;1-8(2)11-12(20-15-18-7-19-21(15)14(11)22)10-5-9-3-4-16-13(9)17-6-10;;;/h3-6,9-10H,7H2,1-2H3,(H,18,19,20);3-8H,1-2H3,(H,16,17)(H,18,19,20);3*1H. The fourth-order valence-corrected chi connectivity index (χ4v) is 5.16. The minimum atomic E-state index is -0.131. The van der Waals surface area contributed by atoms with Crippen molar-refractivity contribution in [3.8, 4) is 28.6 Å². The molecule has 7 aromatic rings. The second-order valence-corrected chi connectivity index (χ2v) is 10.9. The molecule has 0 saturated heterocycles. The molecule has 13 nitrogen and oxygen atoms in total. The highest BCUT2D eigenvalue weighted by Crippen LogP contribution is 2.27. The molecule has 1 aromatic carbocycles. The first kappa shape index (κ1) is 28.2. The second-order valence-electron chi connectivity index (χ2n) is 10.9. The molecule has 0 fully saturated rings. The first-order valence-electron chi connectivity index (χ1n) is 14.1. The Bertz CT molecular complexity index is 2290. The monoisotopic (exact) mass is 593 g/mol. The zero-order valence-electron chi connectivity index (χ0n) is 24.5. The number of benzene rings is 1. The second kappa shape index (κ2) is 11.4. The summed E-state index contributed by atoms with van der Waals surface area (Å²) in [6, 6.07) is 13.6. The molecule has 0 unspecified atom stereocenters. The molecule has 0 aliphatic rings. The summed E-state index contributed by atoms with van der Waals surface area (Å²) < 4.78 is 2.71. The number of hydrogen-bond acceptors (Lipinski definition) is 8. The first-order chi connectivity index (χ1) is 21.3. The zero-order chi connectivity index (χ0) is 31.0. The third kappa shape index (κ3) is 5.02. The van der Waals surface area contributed by atoms with Gasteiger partial charge in [0.1, 0.15) is 18.3 Å². The summed E-state index contributed by atoms with van der Waals surface area (Å²) >= 11 is 0. The van der Waals surface area contributed by atoms with Gasteiger partial charge in [0.25, 0.3) is 22.7 Å². The van der Waals surface area contributed by atoms with Crippen molar-refractivity contribution in [1.29, 1.82) is 5.26 Å². The van der Waals surface area contributed by atoms with E-state index in [1.54, 1.807) is 6.20 Å². The van der Waals surface area contributed by atoms with Crippen molar-refractivity contribution in [2.24, 2.45) is 0 Å². The maximum absolute atomic E-state index is 12.7. The van der Waals surface area contributed by atoms with Crippen LogP contribution in [0.4, 0.5) is 0 Å². The topological polar surface area (TPSA) is 179 Å². The quantitative estimate of drug-likeness (QED) is 0.247. The van der Waals surface area contributed by atoms with Gasteiger partial charge in [-0.1, -0.05) is 52.0 Å². The van der Waals surface area contributed by atoms with Gasteiger partial charge < -0.3 is 4.98 Å². The number of nitrogens with zero attached hydrogens (tertiary/aromatic N) is 8. The minimum Gasteiger partial charge on any atom is -0.346 e. The number of hydrogen-bond donors (Lipinski definition) is 3. The van der Waals surface area contributed by atoms with Gasteiger partial charge in [-0.25, -0.2) is 24.9 Å². The Morgan fingerprint density at radius 2 is 1.39 bits per heavy atom. The smallest absolute Gasteiger partial charge is 0.278 e. The number of rotatable bonds is 5. The fourth-order valence-electron chi connectivity index (χ4n) is 5.16. The Balaban J connectivity index is 0.000000240. The van der Waals surface area contributed by atoms with E-state index in [-0.39, 0.29) is 27.2 Å².